The summed E-state index contributed by atoms with van der Waals surface area (Å²) in [6, 6.07) is 9.61. The maximum absolute atomic E-state index is 12.3. The molecule has 0 radical (unpaired) electrons. The van der Waals surface area contributed by atoms with Crippen LogP contribution in [-0.2, 0) is 16.1 Å². The third-order valence-corrected chi connectivity index (χ3v) is 3.51. The highest BCUT2D eigenvalue weighted by molar-refractivity contribution is 5.93. The van der Waals surface area contributed by atoms with E-state index in [1.54, 1.807) is 27.8 Å². The van der Waals surface area contributed by atoms with Gasteiger partial charge in [0.15, 0.2) is 6.10 Å². The SMILES string of the molecule is Cc1noc(C)c1C(=O)O[C@H](C)C(=O)N(C)Cc1ccccc1. The fourth-order valence-corrected chi connectivity index (χ4v) is 2.29. The summed E-state index contributed by atoms with van der Waals surface area (Å²) >= 11 is 0. The molecule has 1 amide bonds. The molecule has 0 aliphatic rings. The van der Waals surface area contributed by atoms with Gasteiger partial charge in [-0.2, -0.15) is 0 Å². The molecule has 0 aliphatic heterocycles. The van der Waals surface area contributed by atoms with Crippen molar-refractivity contribution in [1.29, 1.82) is 0 Å². The molecule has 0 unspecified atom stereocenters. The number of amides is 1. The van der Waals surface area contributed by atoms with Gasteiger partial charge in [0, 0.05) is 13.6 Å². The molecule has 2 aromatic rings. The van der Waals surface area contributed by atoms with Gasteiger partial charge in [-0.1, -0.05) is 35.5 Å². The van der Waals surface area contributed by atoms with Gasteiger partial charge in [0.25, 0.3) is 5.91 Å². The summed E-state index contributed by atoms with van der Waals surface area (Å²) in [4.78, 5) is 26.0. The van der Waals surface area contributed by atoms with E-state index in [0.717, 1.165) is 5.56 Å². The quantitative estimate of drug-likeness (QED) is 0.792. The molecule has 23 heavy (non-hydrogen) atoms. The van der Waals surface area contributed by atoms with Crippen molar-refractivity contribution in [3.8, 4) is 0 Å². The molecule has 0 saturated carbocycles. The van der Waals surface area contributed by atoms with E-state index in [9.17, 15) is 9.59 Å². The number of nitrogens with zero attached hydrogens (tertiary/aromatic N) is 2. The first kappa shape index (κ1) is 16.7. The van der Waals surface area contributed by atoms with Crippen molar-refractivity contribution in [1.82, 2.24) is 10.1 Å². The van der Waals surface area contributed by atoms with Gasteiger partial charge >= 0.3 is 5.97 Å². The second-order valence-corrected chi connectivity index (χ2v) is 5.43. The molecular formula is C17H20N2O4. The maximum Gasteiger partial charge on any atom is 0.344 e. The predicted octanol–water partition coefficient (Wildman–Crippen LogP) is 2.50. The number of benzene rings is 1. The molecule has 1 aromatic heterocycles. The van der Waals surface area contributed by atoms with Crippen LogP contribution in [0.2, 0.25) is 0 Å². The molecule has 1 heterocycles. The lowest BCUT2D eigenvalue weighted by Gasteiger charge is -2.21. The second kappa shape index (κ2) is 7.09. The van der Waals surface area contributed by atoms with E-state index >= 15 is 0 Å². The van der Waals surface area contributed by atoms with Crippen LogP contribution < -0.4 is 0 Å². The minimum Gasteiger partial charge on any atom is -0.449 e. The highest BCUT2D eigenvalue weighted by Gasteiger charge is 2.25. The molecule has 0 N–H and O–H groups in total. The monoisotopic (exact) mass is 316 g/mol. The van der Waals surface area contributed by atoms with Gasteiger partial charge in [-0.25, -0.2) is 4.79 Å². The van der Waals surface area contributed by atoms with Crippen LogP contribution in [0.3, 0.4) is 0 Å². The minimum absolute atomic E-state index is 0.269. The van der Waals surface area contributed by atoms with Gasteiger partial charge in [0.05, 0.1) is 5.69 Å². The van der Waals surface area contributed by atoms with Crippen molar-refractivity contribution >= 4 is 11.9 Å². The van der Waals surface area contributed by atoms with Crippen LogP contribution in [0, 0.1) is 13.8 Å². The third-order valence-electron chi connectivity index (χ3n) is 3.51. The minimum atomic E-state index is -0.884. The van der Waals surface area contributed by atoms with Crippen LogP contribution in [0.25, 0.3) is 0 Å². The summed E-state index contributed by atoms with van der Waals surface area (Å²) in [7, 11) is 1.68. The van der Waals surface area contributed by atoms with Crippen molar-refractivity contribution in [3.63, 3.8) is 0 Å². The van der Waals surface area contributed by atoms with Gasteiger partial charge in [-0.15, -0.1) is 0 Å². The Morgan fingerprint density at radius 1 is 1.26 bits per heavy atom. The zero-order valence-corrected chi connectivity index (χ0v) is 13.7. The summed E-state index contributed by atoms with van der Waals surface area (Å²) in [6.45, 7) is 5.29. The van der Waals surface area contributed by atoms with Crippen molar-refractivity contribution in [2.45, 2.75) is 33.4 Å². The lowest BCUT2D eigenvalue weighted by atomic mass is 10.2. The van der Waals surface area contributed by atoms with E-state index in [2.05, 4.69) is 5.16 Å². The van der Waals surface area contributed by atoms with Crippen molar-refractivity contribution < 1.29 is 18.8 Å². The molecule has 0 spiro atoms. The lowest BCUT2D eigenvalue weighted by molar-refractivity contribution is -0.139. The highest BCUT2D eigenvalue weighted by atomic mass is 16.5. The van der Waals surface area contributed by atoms with Crippen molar-refractivity contribution in [3.05, 3.63) is 52.9 Å². The number of hydrogen-bond acceptors (Lipinski definition) is 5. The molecule has 0 aliphatic carbocycles. The van der Waals surface area contributed by atoms with Gasteiger partial charge in [-0.05, 0) is 26.3 Å². The molecule has 0 fully saturated rings. The molecule has 6 heteroatoms. The topological polar surface area (TPSA) is 72.6 Å². The zero-order valence-electron chi connectivity index (χ0n) is 13.7. The Morgan fingerprint density at radius 2 is 1.91 bits per heavy atom. The van der Waals surface area contributed by atoms with E-state index in [-0.39, 0.29) is 11.5 Å². The average molecular weight is 316 g/mol. The number of carbonyl (C=O) groups is 2. The van der Waals surface area contributed by atoms with Crippen LogP contribution in [0.15, 0.2) is 34.9 Å². The summed E-state index contributed by atoms with van der Waals surface area (Å²) in [5.41, 5.74) is 1.73. The Hall–Kier alpha value is -2.63. The molecule has 1 atom stereocenters. The normalized spacial score (nSPS) is 11.8. The summed E-state index contributed by atoms with van der Waals surface area (Å²) in [6.07, 6.45) is -0.884. The van der Waals surface area contributed by atoms with Gasteiger partial charge < -0.3 is 14.2 Å². The Balaban J connectivity index is 1.98. The predicted molar refractivity (Wildman–Crippen MR) is 83.8 cm³/mol. The summed E-state index contributed by atoms with van der Waals surface area (Å²) in [5.74, 6) is -0.492. The van der Waals surface area contributed by atoms with Crippen LogP contribution in [0.4, 0.5) is 0 Å². The van der Waals surface area contributed by atoms with Crippen LogP contribution >= 0.6 is 0 Å². The van der Waals surface area contributed by atoms with Crippen molar-refractivity contribution in [2.75, 3.05) is 7.05 Å². The molecule has 6 nitrogen and oxygen atoms in total. The van der Waals surface area contributed by atoms with Crippen molar-refractivity contribution in [2.24, 2.45) is 0 Å². The first-order chi connectivity index (χ1) is 10.9. The Bertz CT molecular complexity index is 674. The van der Waals surface area contributed by atoms with E-state index in [4.69, 9.17) is 9.26 Å². The average Bonchev–Trinajstić information content (AvgIpc) is 2.86. The fourth-order valence-electron chi connectivity index (χ4n) is 2.29. The number of ether oxygens (including phenoxy) is 1. The first-order valence-corrected chi connectivity index (χ1v) is 7.33. The first-order valence-electron chi connectivity index (χ1n) is 7.33. The number of carbonyl (C=O) groups excluding carboxylic acids is 2. The number of hydrogen-bond donors (Lipinski definition) is 0. The lowest BCUT2D eigenvalue weighted by Crippen LogP contribution is -2.37. The summed E-state index contributed by atoms with van der Waals surface area (Å²) in [5, 5.41) is 3.71. The van der Waals surface area contributed by atoms with Gasteiger partial charge in [0.1, 0.15) is 11.3 Å². The number of rotatable bonds is 5. The molecule has 0 bridgehead atoms. The van der Waals surface area contributed by atoms with E-state index in [1.807, 2.05) is 30.3 Å². The van der Waals surface area contributed by atoms with E-state index in [0.29, 0.717) is 18.0 Å². The second-order valence-electron chi connectivity index (χ2n) is 5.43. The smallest absolute Gasteiger partial charge is 0.344 e. The number of aryl methyl sites for hydroxylation is 2. The van der Waals surface area contributed by atoms with E-state index in [1.165, 1.54) is 4.90 Å². The van der Waals surface area contributed by atoms with Crippen LogP contribution in [0.1, 0.15) is 34.3 Å². The Labute approximate surface area is 135 Å². The van der Waals surface area contributed by atoms with Crippen LogP contribution in [0.5, 0.6) is 0 Å². The third kappa shape index (κ3) is 3.97. The molecule has 2 rings (SSSR count). The molecule has 122 valence electrons. The highest BCUT2D eigenvalue weighted by Crippen LogP contribution is 2.15. The standard InChI is InChI=1S/C17H20N2O4/c1-11-15(12(2)23-18-11)17(21)22-13(3)16(20)19(4)10-14-8-6-5-7-9-14/h5-9,13H,10H2,1-4H3/t13-/m1/s1. The zero-order chi connectivity index (χ0) is 17.0. The van der Waals surface area contributed by atoms with E-state index < -0.39 is 12.1 Å². The number of likely N-dealkylation sites (N-methyl/N-ethyl adjacent to an activating group) is 1. The molecule has 1 aromatic carbocycles. The van der Waals surface area contributed by atoms with Gasteiger partial charge in [-0.3, -0.25) is 4.79 Å². The summed E-state index contributed by atoms with van der Waals surface area (Å²) < 4.78 is 10.2. The van der Waals surface area contributed by atoms with Gasteiger partial charge in [0.2, 0.25) is 0 Å². The molecule has 0 saturated heterocycles. The molecular weight excluding hydrogens is 296 g/mol. The number of aromatic nitrogens is 1. The Morgan fingerprint density at radius 3 is 2.48 bits per heavy atom. The maximum atomic E-state index is 12.3. The Kier molecular flexibility index (Phi) is 5.16. The van der Waals surface area contributed by atoms with Crippen LogP contribution in [-0.4, -0.2) is 35.1 Å². The number of esters is 1. The fraction of sp³-hybridized carbons (Fsp3) is 0.353. The largest absolute Gasteiger partial charge is 0.449 e.